The highest BCUT2D eigenvalue weighted by molar-refractivity contribution is 6.42. The van der Waals surface area contributed by atoms with Crippen LogP contribution in [-0.2, 0) is 28.0 Å². The lowest BCUT2D eigenvalue weighted by molar-refractivity contribution is -0.141. The van der Waals surface area contributed by atoms with Gasteiger partial charge in [0.2, 0.25) is 11.8 Å². The maximum Gasteiger partial charge on any atom is 0.243 e. The lowest BCUT2D eigenvalue weighted by Gasteiger charge is -2.31. The average Bonchev–Trinajstić information content (AvgIpc) is 3.32. The molecule has 1 aliphatic carbocycles. The highest BCUT2D eigenvalue weighted by Gasteiger charge is 2.30. The molecule has 1 fully saturated rings. The molecule has 3 rings (SSSR count). The number of halogens is 2. The minimum Gasteiger partial charge on any atom is -0.352 e. The topological polar surface area (TPSA) is 49.4 Å². The Hall–Kier alpha value is -2.04. The molecule has 2 aromatic carbocycles. The van der Waals surface area contributed by atoms with E-state index in [0.717, 1.165) is 36.8 Å². The van der Waals surface area contributed by atoms with E-state index in [9.17, 15) is 9.59 Å². The first-order chi connectivity index (χ1) is 16.6. The lowest BCUT2D eigenvalue weighted by Crippen LogP contribution is -2.51. The van der Waals surface area contributed by atoms with Crippen LogP contribution in [0.2, 0.25) is 10.0 Å². The number of amides is 2. The van der Waals surface area contributed by atoms with Crippen molar-refractivity contribution < 1.29 is 9.59 Å². The number of rotatable bonds is 9. The van der Waals surface area contributed by atoms with Gasteiger partial charge < -0.3 is 10.2 Å². The molecule has 35 heavy (non-hydrogen) atoms. The van der Waals surface area contributed by atoms with Gasteiger partial charge in [-0.3, -0.25) is 9.59 Å². The van der Waals surface area contributed by atoms with Gasteiger partial charge in [-0.05, 0) is 59.9 Å². The Labute approximate surface area is 220 Å². The molecular weight excluding hydrogens is 479 g/mol. The molecule has 0 saturated heterocycles. The minimum absolute atomic E-state index is 0.0376. The predicted molar refractivity (Wildman–Crippen MR) is 145 cm³/mol. The first-order valence-corrected chi connectivity index (χ1v) is 13.5. The van der Waals surface area contributed by atoms with E-state index < -0.39 is 6.04 Å². The van der Waals surface area contributed by atoms with Crippen LogP contribution in [0.25, 0.3) is 0 Å². The number of benzene rings is 2. The zero-order chi connectivity index (χ0) is 25.6. The van der Waals surface area contributed by atoms with Gasteiger partial charge in [0.05, 0.1) is 10.0 Å². The molecule has 2 aromatic rings. The second-order valence-corrected chi connectivity index (χ2v) is 11.4. The quantitative estimate of drug-likeness (QED) is 0.386. The first kappa shape index (κ1) is 27.5. The molecule has 6 heteroatoms. The highest BCUT2D eigenvalue weighted by Crippen LogP contribution is 2.26. The Kier molecular flexibility index (Phi) is 9.66. The van der Waals surface area contributed by atoms with E-state index in [1.165, 1.54) is 5.56 Å². The number of hydrogen-bond donors (Lipinski definition) is 1. The first-order valence-electron chi connectivity index (χ1n) is 12.7. The molecule has 4 nitrogen and oxygen atoms in total. The summed E-state index contributed by atoms with van der Waals surface area (Å²) < 4.78 is 0. The second kappa shape index (κ2) is 12.3. The molecule has 1 aliphatic rings. The normalized spacial score (nSPS) is 15.1. The summed E-state index contributed by atoms with van der Waals surface area (Å²) in [6.45, 7) is 8.84. The molecule has 0 heterocycles. The van der Waals surface area contributed by atoms with Crippen molar-refractivity contribution in [2.24, 2.45) is 0 Å². The van der Waals surface area contributed by atoms with E-state index in [1.807, 2.05) is 13.0 Å². The number of hydrogen-bond acceptors (Lipinski definition) is 2. The van der Waals surface area contributed by atoms with Crippen molar-refractivity contribution >= 4 is 35.0 Å². The SMILES string of the molecule is CC[C@H](C(=O)NC1CCCC1)N(Cc1ccc(Cl)c(Cl)c1)C(=O)CCc1ccc(C(C)(C)C)cc1. The molecule has 0 unspecified atom stereocenters. The second-order valence-electron chi connectivity index (χ2n) is 10.6. The third kappa shape index (κ3) is 7.72. The largest absolute Gasteiger partial charge is 0.352 e. The summed E-state index contributed by atoms with van der Waals surface area (Å²) >= 11 is 12.3. The van der Waals surface area contributed by atoms with Crippen LogP contribution in [0.5, 0.6) is 0 Å². The zero-order valence-electron chi connectivity index (χ0n) is 21.4. The van der Waals surface area contributed by atoms with Crippen molar-refractivity contribution in [1.82, 2.24) is 10.2 Å². The van der Waals surface area contributed by atoms with Gasteiger partial charge in [-0.15, -0.1) is 0 Å². The van der Waals surface area contributed by atoms with E-state index >= 15 is 0 Å². The fraction of sp³-hybridized carbons (Fsp3) is 0.517. The Morgan fingerprint density at radius 1 is 1.00 bits per heavy atom. The van der Waals surface area contributed by atoms with Crippen LogP contribution in [0, 0.1) is 0 Å². The average molecular weight is 518 g/mol. The van der Waals surface area contributed by atoms with Crippen LogP contribution in [-0.4, -0.2) is 28.8 Å². The number of aryl methyl sites for hydroxylation is 1. The molecule has 0 aliphatic heterocycles. The minimum atomic E-state index is -0.527. The van der Waals surface area contributed by atoms with Crippen LogP contribution >= 0.6 is 23.2 Å². The third-order valence-corrected chi connectivity index (χ3v) is 7.61. The summed E-state index contributed by atoms with van der Waals surface area (Å²) in [6, 6.07) is 13.5. The van der Waals surface area contributed by atoms with Crippen LogP contribution in [0.3, 0.4) is 0 Å². The molecular formula is C29H38Cl2N2O2. The van der Waals surface area contributed by atoms with E-state index in [4.69, 9.17) is 23.2 Å². The number of nitrogens with zero attached hydrogens (tertiary/aromatic N) is 1. The van der Waals surface area contributed by atoms with Crippen molar-refractivity contribution in [3.8, 4) is 0 Å². The molecule has 190 valence electrons. The van der Waals surface area contributed by atoms with Gasteiger partial charge in [0.25, 0.3) is 0 Å². The van der Waals surface area contributed by atoms with Gasteiger partial charge in [-0.25, -0.2) is 0 Å². The van der Waals surface area contributed by atoms with Crippen LogP contribution in [0.15, 0.2) is 42.5 Å². The Morgan fingerprint density at radius 3 is 2.20 bits per heavy atom. The van der Waals surface area contributed by atoms with Gasteiger partial charge in [0.1, 0.15) is 6.04 Å². The van der Waals surface area contributed by atoms with Gasteiger partial charge in [-0.1, -0.05) is 94.1 Å². The summed E-state index contributed by atoms with van der Waals surface area (Å²) in [5.74, 6) is -0.105. The third-order valence-electron chi connectivity index (χ3n) is 6.87. The van der Waals surface area contributed by atoms with E-state index in [0.29, 0.717) is 35.9 Å². The number of carbonyl (C=O) groups excluding carboxylic acids is 2. The zero-order valence-corrected chi connectivity index (χ0v) is 22.9. The van der Waals surface area contributed by atoms with Gasteiger partial charge >= 0.3 is 0 Å². The van der Waals surface area contributed by atoms with Gasteiger partial charge in [0, 0.05) is 19.0 Å². The molecule has 1 atom stereocenters. The van der Waals surface area contributed by atoms with E-state index in [2.05, 4.69) is 50.4 Å². The fourth-order valence-electron chi connectivity index (χ4n) is 4.69. The molecule has 0 spiro atoms. The molecule has 1 saturated carbocycles. The molecule has 1 N–H and O–H groups in total. The van der Waals surface area contributed by atoms with Crippen molar-refractivity contribution in [3.05, 3.63) is 69.2 Å². The van der Waals surface area contributed by atoms with Crippen LogP contribution in [0.4, 0.5) is 0 Å². The van der Waals surface area contributed by atoms with Crippen molar-refractivity contribution in [2.75, 3.05) is 0 Å². The number of carbonyl (C=O) groups is 2. The van der Waals surface area contributed by atoms with E-state index in [1.54, 1.807) is 17.0 Å². The predicted octanol–water partition coefficient (Wildman–Crippen LogP) is 7.09. The summed E-state index contributed by atoms with van der Waals surface area (Å²) in [4.78, 5) is 28.5. The number of nitrogens with one attached hydrogen (secondary N) is 1. The van der Waals surface area contributed by atoms with Gasteiger partial charge in [0.15, 0.2) is 0 Å². The van der Waals surface area contributed by atoms with Gasteiger partial charge in [-0.2, -0.15) is 0 Å². The Bertz CT molecular complexity index is 1010. The Morgan fingerprint density at radius 2 is 1.63 bits per heavy atom. The monoisotopic (exact) mass is 516 g/mol. The van der Waals surface area contributed by atoms with Crippen molar-refractivity contribution in [2.45, 2.75) is 96.7 Å². The molecule has 2 amide bonds. The molecule has 0 aromatic heterocycles. The molecule has 0 radical (unpaired) electrons. The van der Waals surface area contributed by atoms with E-state index in [-0.39, 0.29) is 23.3 Å². The molecule has 0 bridgehead atoms. The summed E-state index contributed by atoms with van der Waals surface area (Å²) in [6.07, 6.45) is 5.81. The maximum absolute atomic E-state index is 13.5. The van der Waals surface area contributed by atoms with Crippen LogP contribution < -0.4 is 5.32 Å². The maximum atomic E-state index is 13.5. The fourth-order valence-corrected chi connectivity index (χ4v) is 5.01. The highest BCUT2D eigenvalue weighted by atomic mass is 35.5. The summed E-state index contributed by atoms with van der Waals surface area (Å²) in [7, 11) is 0. The smallest absolute Gasteiger partial charge is 0.243 e. The standard InChI is InChI=1S/C29H38Cl2N2O2/c1-5-26(28(35)32-23-8-6-7-9-23)33(19-21-12-16-24(30)25(31)18-21)27(34)17-13-20-10-14-22(15-11-20)29(2,3)4/h10-12,14-16,18,23,26H,5-9,13,17,19H2,1-4H3,(H,32,35)/t26-/m1/s1. The van der Waals surface area contributed by atoms with Crippen molar-refractivity contribution in [3.63, 3.8) is 0 Å². The van der Waals surface area contributed by atoms with Crippen molar-refractivity contribution in [1.29, 1.82) is 0 Å². The lowest BCUT2D eigenvalue weighted by atomic mass is 9.86. The summed E-state index contributed by atoms with van der Waals surface area (Å²) in [5, 5.41) is 4.10. The summed E-state index contributed by atoms with van der Waals surface area (Å²) in [5.41, 5.74) is 3.33. The Balaban J connectivity index is 1.76. The van der Waals surface area contributed by atoms with Crippen LogP contribution in [0.1, 0.15) is 82.9 Å².